The van der Waals surface area contributed by atoms with Crippen molar-refractivity contribution in [3.05, 3.63) is 132 Å². The quantitative estimate of drug-likeness (QED) is 0.153. The molecule has 0 bridgehead atoms. The second-order valence-corrected chi connectivity index (χ2v) is 11.5. The molecule has 2 amide bonds. The summed E-state index contributed by atoms with van der Waals surface area (Å²) in [6.45, 7) is 1.26. The first-order chi connectivity index (χ1) is 24.1. The number of amides is 2. The Hall–Kier alpha value is -6.43. The van der Waals surface area contributed by atoms with Crippen LogP contribution in [0.2, 0.25) is 0 Å². The molecule has 3 N–H and O–H groups in total. The minimum Gasteiger partial charge on any atom is -0.497 e. The molecule has 3 aromatic carbocycles. The third-order valence-corrected chi connectivity index (χ3v) is 8.34. The SMILES string of the molecule is COc1ccc(C(CNC(=O)c2ccnc(C(=O)NCCCn3cc(-c4cnc5ccccc5n4)nn3)c2)c2c[nH]c3ccccc23)cc1. The Morgan fingerprint density at radius 1 is 0.898 bits per heavy atom. The number of aromatic amines is 1. The normalized spacial score (nSPS) is 11.8. The predicted octanol–water partition coefficient (Wildman–Crippen LogP) is 5.16. The van der Waals surface area contributed by atoms with Crippen molar-refractivity contribution in [2.24, 2.45) is 0 Å². The van der Waals surface area contributed by atoms with Gasteiger partial charge in [0.05, 0.1) is 30.5 Å². The highest BCUT2D eigenvalue weighted by molar-refractivity contribution is 5.98. The maximum Gasteiger partial charge on any atom is 0.269 e. The van der Waals surface area contributed by atoms with Gasteiger partial charge in [0, 0.05) is 54.4 Å². The predicted molar refractivity (Wildman–Crippen MR) is 185 cm³/mol. The summed E-state index contributed by atoms with van der Waals surface area (Å²) in [5.41, 5.74) is 6.50. The zero-order chi connectivity index (χ0) is 33.6. The van der Waals surface area contributed by atoms with Crippen molar-refractivity contribution >= 4 is 33.8 Å². The van der Waals surface area contributed by atoms with E-state index in [0.717, 1.165) is 38.8 Å². The molecule has 0 radical (unpaired) electrons. The van der Waals surface area contributed by atoms with E-state index in [2.05, 4.69) is 46.9 Å². The Kier molecular flexibility index (Phi) is 9.00. The van der Waals surface area contributed by atoms with Crippen LogP contribution in [0.5, 0.6) is 5.75 Å². The Labute approximate surface area is 281 Å². The minimum atomic E-state index is -0.365. The second-order valence-electron chi connectivity index (χ2n) is 11.5. The first-order valence-corrected chi connectivity index (χ1v) is 15.9. The van der Waals surface area contributed by atoms with Gasteiger partial charge >= 0.3 is 0 Å². The highest BCUT2D eigenvalue weighted by Crippen LogP contribution is 2.31. The molecular weight excluding hydrogens is 618 g/mol. The van der Waals surface area contributed by atoms with Gasteiger partial charge in [-0.2, -0.15) is 0 Å². The van der Waals surface area contributed by atoms with Gasteiger partial charge in [-0.25, -0.2) is 4.98 Å². The van der Waals surface area contributed by atoms with E-state index in [4.69, 9.17) is 4.74 Å². The van der Waals surface area contributed by atoms with E-state index in [1.54, 1.807) is 24.1 Å². The lowest BCUT2D eigenvalue weighted by Gasteiger charge is -2.19. The molecule has 0 spiro atoms. The monoisotopic (exact) mass is 651 g/mol. The van der Waals surface area contributed by atoms with Crippen molar-refractivity contribution in [2.75, 3.05) is 20.2 Å². The van der Waals surface area contributed by atoms with Crippen LogP contribution in [-0.4, -0.2) is 66.9 Å². The summed E-state index contributed by atoms with van der Waals surface area (Å²) >= 11 is 0. The lowest BCUT2D eigenvalue weighted by atomic mass is 9.90. The molecule has 244 valence electrons. The molecular formula is C37H33N9O3. The summed E-state index contributed by atoms with van der Waals surface area (Å²) in [4.78, 5) is 42.9. The molecule has 49 heavy (non-hydrogen) atoms. The third kappa shape index (κ3) is 6.98. The van der Waals surface area contributed by atoms with Crippen LogP contribution in [0.4, 0.5) is 0 Å². The number of fused-ring (bicyclic) bond motifs is 2. The first-order valence-electron chi connectivity index (χ1n) is 15.9. The smallest absolute Gasteiger partial charge is 0.269 e. The molecule has 7 rings (SSSR count). The van der Waals surface area contributed by atoms with E-state index in [-0.39, 0.29) is 23.4 Å². The van der Waals surface area contributed by atoms with Crippen molar-refractivity contribution in [3.63, 3.8) is 0 Å². The van der Waals surface area contributed by atoms with Crippen molar-refractivity contribution in [3.8, 4) is 17.1 Å². The fraction of sp³-hybridized carbons (Fsp3) is 0.162. The van der Waals surface area contributed by atoms with Gasteiger partial charge in [-0.05, 0) is 60.0 Å². The fourth-order valence-corrected chi connectivity index (χ4v) is 5.76. The summed E-state index contributed by atoms with van der Waals surface area (Å²) < 4.78 is 7.06. The van der Waals surface area contributed by atoms with E-state index >= 15 is 0 Å². The largest absolute Gasteiger partial charge is 0.497 e. The number of ether oxygens (including phenoxy) is 1. The van der Waals surface area contributed by atoms with Crippen LogP contribution in [0.1, 0.15) is 44.3 Å². The average molecular weight is 652 g/mol. The third-order valence-electron chi connectivity index (χ3n) is 8.34. The molecule has 1 unspecified atom stereocenters. The van der Waals surface area contributed by atoms with Gasteiger partial charge in [-0.15, -0.1) is 5.10 Å². The Balaban J connectivity index is 0.953. The van der Waals surface area contributed by atoms with E-state index in [1.165, 1.54) is 12.3 Å². The number of pyridine rings is 1. The number of hydrogen-bond acceptors (Lipinski definition) is 8. The maximum absolute atomic E-state index is 13.4. The minimum absolute atomic E-state index is 0.128. The standard InChI is InChI=1S/C37H33N9O3/c1-49-26-13-11-24(12-14-26)28(29-21-40-30-8-3-2-7-27(29)30)20-42-36(47)25-15-17-38-33(19-25)37(48)39-16-6-18-46-23-35(44-45-46)34-22-41-31-9-4-5-10-32(31)43-34/h2-5,7-15,17,19,21-23,28,40H,6,16,18,20H2,1H3,(H,39,48)(H,42,47). The van der Waals surface area contributed by atoms with Gasteiger partial charge in [-0.1, -0.05) is 47.7 Å². The molecule has 1 atom stereocenters. The van der Waals surface area contributed by atoms with Crippen LogP contribution >= 0.6 is 0 Å². The lowest BCUT2D eigenvalue weighted by molar-refractivity contribution is 0.0947. The second kappa shape index (κ2) is 14.1. The molecule has 12 heteroatoms. The van der Waals surface area contributed by atoms with Crippen LogP contribution in [-0.2, 0) is 6.54 Å². The number of rotatable bonds is 12. The first kappa shape index (κ1) is 31.2. The zero-order valence-electron chi connectivity index (χ0n) is 26.7. The summed E-state index contributed by atoms with van der Waals surface area (Å²) in [5.74, 6) is -0.0340. The summed E-state index contributed by atoms with van der Waals surface area (Å²) in [7, 11) is 1.63. The number of H-pyrrole nitrogens is 1. The van der Waals surface area contributed by atoms with E-state index in [9.17, 15) is 9.59 Å². The van der Waals surface area contributed by atoms with Gasteiger partial charge in [0.1, 0.15) is 22.8 Å². The topological polar surface area (TPSA) is 153 Å². The molecule has 12 nitrogen and oxygen atoms in total. The van der Waals surface area contributed by atoms with Gasteiger partial charge in [0.25, 0.3) is 11.8 Å². The Morgan fingerprint density at radius 3 is 2.57 bits per heavy atom. The van der Waals surface area contributed by atoms with Gasteiger partial charge in [-0.3, -0.25) is 24.2 Å². The Bertz CT molecular complexity index is 2240. The van der Waals surface area contributed by atoms with Crippen LogP contribution < -0.4 is 15.4 Å². The Morgan fingerprint density at radius 2 is 1.71 bits per heavy atom. The van der Waals surface area contributed by atoms with Crippen molar-refractivity contribution in [1.29, 1.82) is 0 Å². The summed E-state index contributed by atoms with van der Waals surface area (Å²) in [6.07, 6.45) is 7.56. The average Bonchev–Trinajstić information content (AvgIpc) is 3.81. The van der Waals surface area contributed by atoms with Gasteiger partial charge < -0.3 is 20.4 Å². The van der Waals surface area contributed by atoms with E-state index in [0.29, 0.717) is 43.0 Å². The number of nitrogens with zero attached hydrogens (tertiary/aromatic N) is 6. The number of benzene rings is 3. The number of methoxy groups -OCH3 is 1. The van der Waals surface area contributed by atoms with Crippen LogP contribution in [0.25, 0.3) is 33.3 Å². The van der Waals surface area contributed by atoms with Crippen molar-refractivity contribution in [1.82, 2.24) is 45.6 Å². The molecule has 4 heterocycles. The van der Waals surface area contributed by atoms with Crippen molar-refractivity contribution < 1.29 is 14.3 Å². The molecule has 4 aromatic heterocycles. The summed E-state index contributed by atoms with van der Waals surface area (Å²) in [6, 6.07) is 26.7. The number of aromatic nitrogens is 7. The fourth-order valence-electron chi connectivity index (χ4n) is 5.76. The number of hydrogen-bond donors (Lipinski definition) is 3. The van der Waals surface area contributed by atoms with Crippen LogP contribution in [0.15, 0.2) is 110 Å². The number of carbonyl (C=O) groups is 2. The number of nitrogens with one attached hydrogen (secondary N) is 3. The highest BCUT2D eigenvalue weighted by atomic mass is 16.5. The molecule has 0 aliphatic heterocycles. The molecule has 0 fully saturated rings. The maximum atomic E-state index is 13.4. The van der Waals surface area contributed by atoms with E-state index < -0.39 is 0 Å². The number of carbonyl (C=O) groups excluding carboxylic acids is 2. The van der Waals surface area contributed by atoms with Crippen LogP contribution in [0, 0.1) is 0 Å². The molecule has 0 aliphatic carbocycles. The molecule has 7 aromatic rings. The van der Waals surface area contributed by atoms with Gasteiger partial charge in [0.2, 0.25) is 0 Å². The lowest BCUT2D eigenvalue weighted by Crippen LogP contribution is -2.30. The van der Waals surface area contributed by atoms with Gasteiger partial charge in [0.15, 0.2) is 0 Å². The number of aryl methyl sites for hydroxylation is 1. The zero-order valence-corrected chi connectivity index (χ0v) is 26.7. The number of para-hydroxylation sites is 3. The highest BCUT2D eigenvalue weighted by Gasteiger charge is 2.20. The van der Waals surface area contributed by atoms with Crippen LogP contribution in [0.3, 0.4) is 0 Å². The summed E-state index contributed by atoms with van der Waals surface area (Å²) in [5, 5.41) is 15.5. The molecule has 0 aliphatic rings. The molecule has 0 saturated heterocycles. The molecule has 0 saturated carbocycles. The van der Waals surface area contributed by atoms with Crippen molar-refractivity contribution in [2.45, 2.75) is 18.9 Å². The van der Waals surface area contributed by atoms with E-state index in [1.807, 2.05) is 79.1 Å².